The Balaban J connectivity index is 1.60. The van der Waals surface area contributed by atoms with Gasteiger partial charge in [0, 0.05) is 19.6 Å². The van der Waals surface area contributed by atoms with E-state index in [1.165, 1.54) is 12.8 Å². The molecule has 1 saturated heterocycles. The third-order valence-electron chi connectivity index (χ3n) is 4.26. The highest BCUT2D eigenvalue weighted by Crippen LogP contribution is 2.22. The number of carbonyl (C=O) groups is 1. The van der Waals surface area contributed by atoms with Crippen LogP contribution in [0.15, 0.2) is 0 Å². The molecule has 2 N–H and O–H groups in total. The van der Waals surface area contributed by atoms with Gasteiger partial charge in [-0.15, -0.1) is 0 Å². The van der Waals surface area contributed by atoms with E-state index in [0.717, 1.165) is 38.8 Å². The fraction of sp³-hybridized carbons (Fsp3) is 0.929. The molecule has 1 aliphatic carbocycles. The number of rotatable bonds is 5. The zero-order valence-corrected chi connectivity index (χ0v) is 11.4. The smallest absolute Gasteiger partial charge is 0.220 e. The molecule has 1 heterocycles. The molecule has 2 fully saturated rings. The highest BCUT2D eigenvalue weighted by molar-refractivity contribution is 5.76. The SMILES string of the molecule is COC1CCC(NC(=O)CCC2CCCNC2)C1. The van der Waals surface area contributed by atoms with Gasteiger partial charge in [0.2, 0.25) is 5.91 Å². The monoisotopic (exact) mass is 254 g/mol. The van der Waals surface area contributed by atoms with E-state index in [2.05, 4.69) is 10.6 Å². The maximum absolute atomic E-state index is 11.9. The summed E-state index contributed by atoms with van der Waals surface area (Å²) in [7, 11) is 1.75. The van der Waals surface area contributed by atoms with Crippen LogP contribution in [0, 0.1) is 5.92 Å². The predicted octanol–water partition coefficient (Wildman–Crippen LogP) is 1.45. The molecule has 0 aromatic carbocycles. The molecule has 4 heteroatoms. The Kier molecular flexibility index (Phi) is 5.45. The topological polar surface area (TPSA) is 50.4 Å². The summed E-state index contributed by atoms with van der Waals surface area (Å²) >= 11 is 0. The average Bonchev–Trinajstić information content (AvgIpc) is 2.85. The lowest BCUT2D eigenvalue weighted by atomic mass is 9.94. The maximum atomic E-state index is 11.9. The predicted molar refractivity (Wildman–Crippen MR) is 71.4 cm³/mol. The van der Waals surface area contributed by atoms with Gasteiger partial charge in [-0.3, -0.25) is 4.79 Å². The van der Waals surface area contributed by atoms with Crippen LogP contribution in [0.4, 0.5) is 0 Å². The first-order valence-corrected chi connectivity index (χ1v) is 7.31. The highest BCUT2D eigenvalue weighted by Gasteiger charge is 2.25. The second-order valence-electron chi connectivity index (χ2n) is 5.69. The third-order valence-corrected chi connectivity index (χ3v) is 4.26. The van der Waals surface area contributed by atoms with Crippen molar-refractivity contribution in [2.24, 2.45) is 5.92 Å². The molecular weight excluding hydrogens is 228 g/mol. The fourth-order valence-electron chi connectivity index (χ4n) is 3.09. The molecular formula is C14H26N2O2. The number of carbonyl (C=O) groups excluding carboxylic acids is 1. The number of methoxy groups -OCH3 is 1. The van der Waals surface area contributed by atoms with E-state index < -0.39 is 0 Å². The Morgan fingerprint density at radius 3 is 2.94 bits per heavy atom. The Morgan fingerprint density at radius 1 is 1.39 bits per heavy atom. The minimum Gasteiger partial charge on any atom is -0.381 e. The molecule has 0 bridgehead atoms. The van der Waals surface area contributed by atoms with Gasteiger partial charge >= 0.3 is 0 Å². The Hall–Kier alpha value is -0.610. The standard InChI is InChI=1S/C14H26N2O2/c1-18-13-6-5-12(9-13)16-14(17)7-4-11-3-2-8-15-10-11/h11-13,15H,2-10H2,1H3,(H,16,17). The van der Waals surface area contributed by atoms with Gasteiger partial charge in [-0.25, -0.2) is 0 Å². The molecule has 4 nitrogen and oxygen atoms in total. The van der Waals surface area contributed by atoms with Gasteiger partial charge < -0.3 is 15.4 Å². The summed E-state index contributed by atoms with van der Waals surface area (Å²) in [6.45, 7) is 2.23. The van der Waals surface area contributed by atoms with Crippen LogP contribution in [0.1, 0.15) is 44.9 Å². The van der Waals surface area contributed by atoms with Crippen molar-refractivity contribution < 1.29 is 9.53 Å². The van der Waals surface area contributed by atoms with E-state index in [9.17, 15) is 4.79 Å². The molecule has 0 spiro atoms. The quantitative estimate of drug-likeness (QED) is 0.781. The molecule has 2 rings (SSSR count). The minimum absolute atomic E-state index is 0.224. The van der Waals surface area contributed by atoms with Crippen molar-refractivity contribution >= 4 is 5.91 Å². The van der Waals surface area contributed by atoms with E-state index in [1.807, 2.05) is 0 Å². The van der Waals surface area contributed by atoms with Crippen molar-refractivity contribution in [1.29, 1.82) is 0 Å². The first-order chi connectivity index (χ1) is 8.78. The molecule has 0 radical (unpaired) electrons. The first kappa shape index (κ1) is 13.8. The molecule has 3 atom stereocenters. The Morgan fingerprint density at radius 2 is 2.28 bits per heavy atom. The number of hydrogen-bond donors (Lipinski definition) is 2. The number of amides is 1. The van der Waals surface area contributed by atoms with Crippen molar-refractivity contribution in [3.05, 3.63) is 0 Å². The molecule has 1 amide bonds. The van der Waals surface area contributed by atoms with Gasteiger partial charge in [0.1, 0.15) is 0 Å². The number of nitrogens with one attached hydrogen (secondary N) is 2. The van der Waals surface area contributed by atoms with Gasteiger partial charge in [-0.2, -0.15) is 0 Å². The van der Waals surface area contributed by atoms with Crippen LogP contribution < -0.4 is 10.6 Å². The summed E-state index contributed by atoms with van der Waals surface area (Å²) in [5.74, 6) is 0.919. The van der Waals surface area contributed by atoms with Crippen molar-refractivity contribution in [3.8, 4) is 0 Å². The van der Waals surface area contributed by atoms with E-state index >= 15 is 0 Å². The van der Waals surface area contributed by atoms with Crippen LogP contribution in [-0.4, -0.2) is 38.3 Å². The fourth-order valence-corrected chi connectivity index (χ4v) is 3.09. The van der Waals surface area contributed by atoms with E-state index in [1.54, 1.807) is 7.11 Å². The summed E-state index contributed by atoms with van der Waals surface area (Å²) in [5, 5.41) is 6.54. The largest absolute Gasteiger partial charge is 0.381 e. The Labute approximate surface area is 110 Å². The molecule has 104 valence electrons. The molecule has 3 unspecified atom stereocenters. The molecule has 2 aliphatic rings. The summed E-state index contributed by atoms with van der Waals surface area (Å²) in [6, 6.07) is 0.340. The lowest BCUT2D eigenvalue weighted by Crippen LogP contribution is -2.35. The number of hydrogen-bond acceptors (Lipinski definition) is 3. The Bertz CT molecular complexity index is 265. The van der Waals surface area contributed by atoms with Crippen molar-refractivity contribution in [3.63, 3.8) is 0 Å². The lowest BCUT2D eigenvalue weighted by Gasteiger charge is -2.22. The van der Waals surface area contributed by atoms with Gasteiger partial charge in [0.25, 0.3) is 0 Å². The van der Waals surface area contributed by atoms with Crippen molar-refractivity contribution in [2.45, 2.75) is 57.1 Å². The molecule has 1 aliphatic heterocycles. The molecule has 18 heavy (non-hydrogen) atoms. The third kappa shape index (κ3) is 4.25. The van der Waals surface area contributed by atoms with Crippen LogP contribution >= 0.6 is 0 Å². The number of piperidine rings is 1. The van der Waals surface area contributed by atoms with E-state index in [-0.39, 0.29) is 5.91 Å². The minimum atomic E-state index is 0.224. The first-order valence-electron chi connectivity index (χ1n) is 7.31. The number of ether oxygens (including phenoxy) is 1. The van der Waals surface area contributed by atoms with Crippen LogP contribution in [0.5, 0.6) is 0 Å². The van der Waals surface area contributed by atoms with Gasteiger partial charge in [0.05, 0.1) is 6.10 Å². The van der Waals surface area contributed by atoms with Crippen LogP contribution in [0.25, 0.3) is 0 Å². The normalized spacial score (nSPS) is 32.4. The summed E-state index contributed by atoms with van der Waals surface area (Å²) in [5.41, 5.74) is 0. The molecule has 0 aromatic heterocycles. The van der Waals surface area contributed by atoms with E-state index in [0.29, 0.717) is 24.5 Å². The van der Waals surface area contributed by atoms with Crippen molar-refractivity contribution in [1.82, 2.24) is 10.6 Å². The molecule has 1 saturated carbocycles. The summed E-state index contributed by atoms with van der Waals surface area (Å²) in [4.78, 5) is 11.9. The molecule has 0 aromatic rings. The summed E-state index contributed by atoms with van der Waals surface area (Å²) < 4.78 is 5.32. The zero-order chi connectivity index (χ0) is 12.8. The van der Waals surface area contributed by atoms with Crippen LogP contribution in [0.2, 0.25) is 0 Å². The lowest BCUT2D eigenvalue weighted by molar-refractivity contribution is -0.122. The van der Waals surface area contributed by atoms with Crippen LogP contribution in [-0.2, 0) is 9.53 Å². The highest BCUT2D eigenvalue weighted by atomic mass is 16.5. The average molecular weight is 254 g/mol. The van der Waals surface area contributed by atoms with Gasteiger partial charge in [-0.1, -0.05) is 0 Å². The zero-order valence-electron chi connectivity index (χ0n) is 11.4. The summed E-state index contributed by atoms with van der Waals surface area (Å²) in [6.07, 6.45) is 7.70. The second-order valence-corrected chi connectivity index (χ2v) is 5.69. The second kappa shape index (κ2) is 7.10. The van der Waals surface area contributed by atoms with E-state index in [4.69, 9.17) is 4.74 Å². The van der Waals surface area contributed by atoms with Crippen LogP contribution in [0.3, 0.4) is 0 Å². The van der Waals surface area contributed by atoms with Crippen molar-refractivity contribution in [2.75, 3.05) is 20.2 Å². The maximum Gasteiger partial charge on any atom is 0.220 e. The van der Waals surface area contributed by atoms with Gasteiger partial charge in [-0.05, 0) is 57.5 Å². The van der Waals surface area contributed by atoms with Gasteiger partial charge in [0.15, 0.2) is 0 Å².